The number of hydrogen-bond donors (Lipinski definition) is 2. The molecule has 108 valence electrons. The molecule has 19 heavy (non-hydrogen) atoms. The predicted octanol–water partition coefficient (Wildman–Crippen LogP) is 0.993. The van der Waals surface area contributed by atoms with Crippen LogP contribution in [0.25, 0.3) is 0 Å². The highest BCUT2D eigenvalue weighted by atomic mass is 16.5. The lowest BCUT2D eigenvalue weighted by Gasteiger charge is -2.41. The first-order valence-electron chi connectivity index (χ1n) is 6.87. The minimum atomic E-state index is -0.343. The molecule has 1 fully saturated rings. The van der Waals surface area contributed by atoms with Gasteiger partial charge in [0.25, 0.3) is 0 Å². The van der Waals surface area contributed by atoms with Crippen molar-refractivity contribution in [3.8, 4) is 0 Å². The third-order valence-electron chi connectivity index (χ3n) is 3.91. The predicted molar refractivity (Wildman–Crippen MR) is 72.4 cm³/mol. The largest absolute Gasteiger partial charge is 0.381 e. The van der Waals surface area contributed by atoms with Crippen molar-refractivity contribution in [1.82, 2.24) is 15.0 Å². The summed E-state index contributed by atoms with van der Waals surface area (Å²) in [5, 5.41) is 0. The fourth-order valence-electron chi connectivity index (χ4n) is 2.80. The third kappa shape index (κ3) is 2.81. The number of nitrogens with two attached hydrogens (primary N) is 1. The molecule has 1 aromatic heterocycles. The number of nitrogens with one attached hydrogen (secondary N) is 1. The van der Waals surface area contributed by atoms with Crippen LogP contribution in [0.3, 0.4) is 0 Å². The Morgan fingerprint density at radius 1 is 1.58 bits per heavy atom. The molecular formula is C13H24N4O2. The first kappa shape index (κ1) is 14.5. The van der Waals surface area contributed by atoms with E-state index in [1.165, 1.54) is 0 Å². The molecule has 2 heterocycles. The van der Waals surface area contributed by atoms with E-state index in [0.29, 0.717) is 13.2 Å². The van der Waals surface area contributed by atoms with E-state index in [4.69, 9.17) is 15.3 Å². The summed E-state index contributed by atoms with van der Waals surface area (Å²) >= 11 is 0. The molecule has 1 aromatic rings. The Kier molecular flexibility index (Phi) is 4.93. The van der Waals surface area contributed by atoms with Gasteiger partial charge >= 0.3 is 0 Å². The fourth-order valence-corrected chi connectivity index (χ4v) is 2.80. The van der Waals surface area contributed by atoms with Gasteiger partial charge in [-0.25, -0.2) is 10.4 Å². The molecule has 1 saturated heterocycles. The number of aromatic nitrogens is 2. The van der Waals surface area contributed by atoms with Gasteiger partial charge in [-0.3, -0.25) is 5.84 Å². The second kappa shape index (κ2) is 6.47. The van der Waals surface area contributed by atoms with Gasteiger partial charge < -0.3 is 14.0 Å². The summed E-state index contributed by atoms with van der Waals surface area (Å²) in [7, 11) is 1.74. The molecule has 0 saturated carbocycles. The molecule has 3 N–H and O–H groups in total. The summed E-state index contributed by atoms with van der Waals surface area (Å²) in [5.41, 5.74) is 2.56. The Balaban J connectivity index is 2.28. The lowest BCUT2D eigenvalue weighted by atomic mass is 9.85. The number of ether oxygens (including phenoxy) is 2. The van der Waals surface area contributed by atoms with Gasteiger partial charge in [0.05, 0.1) is 5.60 Å². The van der Waals surface area contributed by atoms with Gasteiger partial charge in [-0.05, 0) is 6.42 Å². The van der Waals surface area contributed by atoms with Crippen LogP contribution in [0.1, 0.15) is 38.1 Å². The number of aryl methyl sites for hydroxylation is 1. The number of methoxy groups -OCH3 is 1. The molecule has 0 spiro atoms. The van der Waals surface area contributed by atoms with Crippen molar-refractivity contribution >= 4 is 0 Å². The van der Waals surface area contributed by atoms with Crippen molar-refractivity contribution in [2.75, 3.05) is 20.3 Å². The van der Waals surface area contributed by atoms with Gasteiger partial charge in [0, 0.05) is 52.1 Å². The number of nitrogens with zero attached hydrogens (tertiary/aromatic N) is 2. The molecule has 2 rings (SSSR count). The maximum absolute atomic E-state index is 5.81. The smallest absolute Gasteiger partial charge is 0.130 e. The van der Waals surface area contributed by atoms with E-state index < -0.39 is 0 Å². The van der Waals surface area contributed by atoms with Crippen molar-refractivity contribution < 1.29 is 9.47 Å². The summed E-state index contributed by atoms with van der Waals surface area (Å²) in [6.07, 6.45) is 6.50. The van der Waals surface area contributed by atoms with Gasteiger partial charge in [0.15, 0.2) is 0 Å². The molecule has 0 amide bonds. The molecular weight excluding hydrogens is 244 g/mol. The molecule has 6 heteroatoms. The lowest BCUT2D eigenvalue weighted by molar-refractivity contribution is -0.113. The van der Waals surface area contributed by atoms with E-state index in [0.717, 1.165) is 31.6 Å². The first-order chi connectivity index (χ1) is 9.27. The molecule has 1 atom stereocenters. The quantitative estimate of drug-likeness (QED) is 0.594. The van der Waals surface area contributed by atoms with Crippen LogP contribution in [0.4, 0.5) is 0 Å². The van der Waals surface area contributed by atoms with Gasteiger partial charge in [0.2, 0.25) is 0 Å². The number of imidazole rings is 1. The van der Waals surface area contributed by atoms with Crippen LogP contribution in [0, 0.1) is 0 Å². The minimum Gasteiger partial charge on any atom is -0.381 e. The molecule has 1 unspecified atom stereocenters. The Hall–Kier alpha value is -0.950. The van der Waals surface area contributed by atoms with Crippen molar-refractivity contribution in [2.24, 2.45) is 5.84 Å². The van der Waals surface area contributed by atoms with Crippen molar-refractivity contribution in [3.05, 3.63) is 18.2 Å². The van der Waals surface area contributed by atoms with E-state index in [1.54, 1.807) is 7.11 Å². The van der Waals surface area contributed by atoms with E-state index >= 15 is 0 Å². The molecule has 1 aliphatic rings. The van der Waals surface area contributed by atoms with Crippen molar-refractivity contribution in [3.63, 3.8) is 0 Å². The first-order valence-corrected chi connectivity index (χ1v) is 6.87. The van der Waals surface area contributed by atoms with Crippen LogP contribution >= 0.6 is 0 Å². The Morgan fingerprint density at radius 3 is 2.89 bits per heavy atom. The second-order valence-electron chi connectivity index (χ2n) is 4.96. The number of hydrazine groups is 1. The average molecular weight is 268 g/mol. The maximum atomic E-state index is 5.81. The molecule has 0 bridgehead atoms. The van der Waals surface area contributed by atoms with Crippen LogP contribution < -0.4 is 11.3 Å². The maximum Gasteiger partial charge on any atom is 0.130 e. The summed E-state index contributed by atoms with van der Waals surface area (Å²) < 4.78 is 13.4. The Labute approximate surface area is 114 Å². The van der Waals surface area contributed by atoms with E-state index in [-0.39, 0.29) is 11.6 Å². The number of rotatable bonds is 6. The van der Waals surface area contributed by atoms with Crippen molar-refractivity contribution in [2.45, 2.75) is 44.4 Å². The normalized spacial score (nSPS) is 20.4. The SMILES string of the molecule is CCCn1ccnc1C(NN)C1(OC)CCOCC1. The van der Waals surface area contributed by atoms with Crippen LogP contribution in [0.2, 0.25) is 0 Å². The summed E-state index contributed by atoms with van der Waals surface area (Å²) in [5.74, 6) is 6.73. The monoisotopic (exact) mass is 268 g/mol. The van der Waals surface area contributed by atoms with Gasteiger partial charge in [0.1, 0.15) is 11.9 Å². The molecule has 0 aromatic carbocycles. The van der Waals surface area contributed by atoms with Gasteiger partial charge in [-0.15, -0.1) is 0 Å². The highest BCUT2D eigenvalue weighted by molar-refractivity contribution is 5.08. The van der Waals surface area contributed by atoms with Gasteiger partial charge in [-0.1, -0.05) is 6.92 Å². The third-order valence-corrected chi connectivity index (χ3v) is 3.91. The van der Waals surface area contributed by atoms with Crippen LogP contribution in [-0.4, -0.2) is 35.5 Å². The zero-order chi connectivity index (χ0) is 13.7. The highest BCUT2D eigenvalue weighted by Crippen LogP contribution is 2.36. The molecule has 1 aliphatic heterocycles. The highest BCUT2D eigenvalue weighted by Gasteiger charge is 2.43. The fraction of sp³-hybridized carbons (Fsp3) is 0.769. The Bertz CT molecular complexity index is 388. The second-order valence-corrected chi connectivity index (χ2v) is 4.96. The van der Waals surface area contributed by atoms with Crippen LogP contribution in [0.5, 0.6) is 0 Å². The topological polar surface area (TPSA) is 74.3 Å². The number of hydrogen-bond acceptors (Lipinski definition) is 5. The van der Waals surface area contributed by atoms with Crippen LogP contribution in [-0.2, 0) is 16.0 Å². The van der Waals surface area contributed by atoms with E-state index in [9.17, 15) is 0 Å². The lowest BCUT2D eigenvalue weighted by Crippen LogP contribution is -2.52. The summed E-state index contributed by atoms with van der Waals surface area (Å²) in [6.45, 7) is 4.47. The van der Waals surface area contributed by atoms with E-state index in [1.807, 2.05) is 12.4 Å². The zero-order valence-electron chi connectivity index (χ0n) is 11.8. The van der Waals surface area contributed by atoms with Crippen LogP contribution in [0.15, 0.2) is 12.4 Å². The molecule has 0 radical (unpaired) electrons. The molecule has 6 nitrogen and oxygen atoms in total. The Morgan fingerprint density at radius 2 is 2.32 bits per heavy atom. The zero-order valence-corrected chi connectivity index (χ0v) is 11.8. The summed E-state index contributed by atoms with van der Waals surface area (Å²) in [6, 6.07) is -0.122. The minimum absolute atomic E-state index is 0.122. The standard InChI is InChI=1S/C13H24N4O2/c1-3-7-17-8-6-15-12(17)11(16-14)13(18-2)4-9-19-10-5-13/h6,8,11,16H,3-5,7,9-10,14H2,1-2H3. The van der Waals surface area contributed by atoms with Gasteiger partial charge in [-0.2, -0.15) is 0 Å². The average Bonchev–Trinajstić information content (AvgIpc) is 2.89. The molecule has 0 aliphatic carbocycles. The van der Waals surface area contributed by atoms with E-state index in [2.05, 4.69) is 21.9 Å². The summed E-state index contributed by atoms with van der Waals surface area (Å²) in [4.78, 5) is 4.47. The van der Waals surface area contributed by atoms with Crippen molar-refractivity contribution in [1.29, 1.82) is 0 Å².